The van der Waals surface area contributed by atoms with E-state index < -0.39 is 0 Å². The van der Waals surface area contributed by atoms with Crippen LogP contribution < -0.4 is 4.74 Å². The molecular formula is C21H23NO3. The van der Waals surface area contributed by atoms with Crippen molar-refractivity contribution in [1.29, 1.82) is 0 Å². The van der Waals surface area contributed by atoms with Gasteiger partial charge < -0.3 is 9.84 Å². The first-order valence-corrected chi connectivity index (χ1v) is 8.62. The van der Waals surface area contributed by atoms with Crippen molar-refractivity contribution in [3.05, 3.63) is 64.4 Å². The van der Waals surface area contributed by atoms with E-state index in [2.05, 4.69) is 18.7 Å². The van der Waals surface area contributed by atoms with Crippen molar-refractivity contribution in [2.75, 3.05) is 13.1 Å². The molecule has 0 aromatic heterocycles. The van der Waals surface area contributed by atoms with E-state index in [-0.39, 0.29) is 11.5 Å². The van der Waals surface area contributed by atoms with E-state index in [1.54, 1.807) is 12.1 Å². The van der Waals surface area contributed by atoms with Crippen LogP contribution in [-0.4, -0.2) is 28.9 Å². The first-order valence-electron chi connectivity index (χ1n) is 8.62. The third kappa shape index (κ3) is 3.30. The van der Waals surface area contributed by atoms with E-state index in [1.165, 1.54) is 0 Å². The Bertz CT molecular complexity index is 821. The van der Waals surface area contributed by atoms with Crippen LogP contribution in [0.4, 0.5) is 0 Å². The number of ether oxygens (including phenoxy) is 1. The van der Waals surface area contributed by atoms with E-state index in [0.29, 0.717) is 29.2 Å². The number of nitrogens with zero attached hydrogens (tertiary/aromatic N) is 1. The van der Waals surface area contributed by atoms with E-state index in [1.807, 2.05) is 37.3 Å². The molecule has 0 spiro atoms. The van der Waals surface area contributed by atoms with Gasteiger partial charge in [0, 0.05) is 6.54 Å². The lowest BCUT2D eigenvalue weighted by molar-refractivity contribution is 0.101. The summed E-state index contributed by atoms with van der Waals surface area (Å²) in [5, 5.41) is 10.4. The highest BCUT2D eigenvalue weighted by molar-refractivity contribution is 6.15. The van der Waals surface area contributed by atoms with E-state index >= 15 is 0 Å². The molecule has 0 saturated heterocycles. The number of hydrogen-bond acceptors (Lipinski definition) is 4. The van der Waals surface area contributed by atoms with Gasteiger partial charge in [0.05, 0.1) is 11.1 Å². The number of Topliss-reactive ketones (excluding diaryl/α,β-unsaturated/α-hetero) is 1. The Morgan fingerprint density at radius 2 is 1.84 bits per heavy atom. The van der Waals surface area contributed by atoms with Gasteiger partial charge in [-0.1, -0.05) is 44.2 Å². The molecule has 1 aliphatic heterocycles. The summed E-state index contributed by atoms with van der Waals surface area (Å²) in [5.41, 5.74) is 2.87. The minimum atomic E-state index is -0.128. The van der Waals surface area contributed by atoms with Crippen molar-refractivity contribution >= 4 is 11.9 Å². The van der Waals surface area contributed by atoms with Crippen molar-refractivity contribution in [2.45, 2.75) is 27.3 Å². The lowest BCUT2D eigenvalue weighted by atomic mass is 9.99. The zero-order valence-corrected chi connectivity index (χ0v) is 14.9. The standard InChI is InChI=1S/C21H23NO3/c1-4-22(5-2)13-16-17(23)11-14(3)19-20(24)18(25-21(16)19)12-15-9-7-6-8-10-15/h6-12,23H,4-5,13H2,1-3H3/b18-12-. The predicted octanol–water partition coefficient (Wildman–Crippen LogP) is 4.16. The number of phenolic OH excluding ortho intramolecular Hbond substituents is 1. The van der Waals surface area contributed by atoms with Gasteiger partial charge in [-0.3, -0.25) is 9.69 Å². The molecule has 0 aliphatic carbocycles. The molecule has 1 heterocycles. The Hall–Kier alpha value is -2.59. The molecule has 4 heteroatoms. The average molecular weight is 337 g/mol. The molecule has 0 saturated carbocycles. The number of allylic oxidation sites excluding steroid dienone is 1. The van der Waals surface area contributed by atoms with Crippen LogP contribution in [0.25, 0.3) is 6.08 Å². The molecule has 130 valence electrons. The number of ketones is 1. The number of aryl methyl sites for hydroxylation is 1. The maximum Gasteiger partial charge on any atom is 0.232 e. The fraction of sp³-hybridized carbons (Fsp3) is 0.286. The minimum absolute atomic E-state index is 0.128. The van der Waals surface area contributed by atoms with Gasteiger partial charge in [-0.25, -0.2) is 0 Å². The largest absolute Gasteiger partial charge is 0.507 e. The fourth-order valence-electron chi connectivity index (χ4n) is 3.10. The molecule has 3 rings (SSSR count). The molecule has 1 aliphatic rings. The molecule has 0 bridgehead atoms. The summed E-state index contributed by atoms with van der Waals surface area (Å²) in [6.45, 7) is 8.24. The van der Waals surface area contributed by atoms with Crippen LogP contribution in [0.5, 0.6) is 11.5 Å². The van der Waals surface area contributed by atoms with Crippen LogP contribution in [-0.2, 0) is 6.54 Å². The monoisotopic (exact) mass is 337 g/mol. The molecule has 0 amide bonds. The summed E-state index contributed by atoms with van der Waals surface area (Å²) < 4.78 is 5.93. The van der Waals surface area contributed by atoms with Gasteiger partial charge in [0.1, 0.15) is 11.5 Å². The molecule has 2 aromatic carbocycles. The van der Waals surface area contributed by atoms with Crippen LogP contribution in [0.15, 0.2) is 42.2 Å². The van der Waals surface area contributed by atoms with E-state index in [9.17, 15) is 9.90 Å². The van der Waals surface area contributed by atoms with E-state index in [4.69, 9.17) is 4.74 Å². The molecule has 4 nitrogen and oxygen atoms in total. The number of aromatic hydroxyl groups is 1. The molecule has 25 heavy (non-hydrogen) atoms. The fourth-order valence-corrected chi connectivity index (χ4v) is 3.10. The van der Waals surface area contributed by atoms with Gasteiger partial charge in [-0.05, 0) is 43.3 Å². The lowest BCUT2D eigenvalue weighted by Crippen LogP contribution is -2.22. The summed E-state index contributed by atoms with van der Waals surface area (Å²) in [5.74, 6) is 0.848. The van der Waals surface area contributed by atoms with E-state index in [0.717, 1.165) is 24.2 Å². The highest BCUT2D eigenvalue weighted by Crippen LogP contribution is 2.42. The zero-order chi connectivity index (χ0) is 18.0. The Morgan fingerprint density at radius 3 is 2.48 bits per heavy atom. The number of benzene rings is 2. The third-order valence-electron chi connectivity index (χ3n) is 4.59. The zero-order valence-electron chi connectivity index (χ0n) is 14.9. The van der Waals surface area contributed by atoms with Crippen molar-refractivity contribution in [3.8, 4) is 11.5 Å². The molecular weight excluding hydrogens is 314 g/mol. The maximum absolute atomic E-state index is 12.8. The van der Waals surface area contributed by atoms with Crippen molar-refractivity contribution < 1.29 is 14.6 Å². The van der Waals surface area contributed by atoms with Gasteiger partial charge >= 0.3 is 0 Å². The molecule has 0 atom stereocenters. The third-order valence-corrected chi connectivity index (χ3v) is 4.59. The predicted molar refractivity (Wildman–Crippen MR) is 98.8 cm³/mol. The van der Waals surface area contributed by atoms with Crippen molar-refractivity contribution in [2.24, 2.45) is 0 Å². The second kappa shape index (κ2) is 7.11. The van der Waals surface area contributed by atoms with Gasteiger partial charge in [0.25, 0.3) is 0 Å². The van der Waals surface area contributed by atoms with Gasteiger partial charge in [-0.15, -0.1) is 0 Å². The lowest BCUT2D eigenvalue weighted by Gasteiger charge is -2.20. The molecule has 0 fully saturated rings. The molecule has 2 aromatic rings. The van der Waals surface area contributed by atoms with Gasteiger partial charge in [-0.2, -0.15) is 0 Å². The second-order valence-corrected chi connectivity index (χ2v) is 6.21. The number of rotatable bonds is 5. The summed E-state index contributed by atoms with van der Waals surface area (Å²) in [4.78, 5) is 15.0. The van der Waals surface area contributed by atoms with Crippen LogP contribution in [0.3, 0.4) is 0 Å². The van der Waals surface area contributed by atoms with Crippen LogP contribution in [0, 0.1) is 6.92 Å². The van der Waals surface area contributed by atoms with Gasteiger partial charge in [0.15, 0.2) is 5.76 Å². The number of hydrogen-bond donors (Lipinski definition) is 1. The number of fused-ring (bicyclic) bond motifs is 1. The maximum atomic E-state index is 12.8. The number of carbonyl (C=O) groups excluding carboxylic acids is 1. The summed E-state index contributed by atoms with van der Waals surface area (Å²) >= 11 is 0. The topological polar surface area (TPSA) is 49.8 Å². The Morgan fingerprint density at radius 1 is 1.16 bits per heavy atom. The minimum Gasteiger partial charge on any atom is -0.507 e. The number of carbonyl (C=O) groups is 1. The Labute approximate surface area is 148 Å². The summed E-state index contributed by atoms with van der Waals surface area (Å²) in [6, 6.07) is 11.3. The highest BCUT2D eigenvalue weighted by atomic mass is 16.5. The highest BCUT2D eigenvalue weighted by Gasteiger charge is 2.33. The van der Waals surface area contributed by atoms with Crippen LogP contribution in [0.1, 0.15) is 40.9 Å². The Balaban J connectivity index is 2.04. The molecule has 0 unspecified atom stereocenters. The SMILES string of the molecule is CCN(CC)Cc1c(O)cc(C)c2c1O/C(=C\c1ccccc1)C2=O. The smallest absolute Gasteiger partial charge is 0.232 e. The van der Waals surface area contributed by atoms with Crippen LogP contribution >= 0.6 is 0 Å². The number of phenols is 1. The molecule has 1 N–H and O–H groups in total. The summed E-state index contributed by atoms with van der Waals surface area (Å²) in [6.07, 6.45) is 1.75. The van der Waals surface area contributed by atoms with Gasteiger partial charge in [0.2, 0.25) is 5.78 Å². The second-order valence-electron chi connectivity index (χ2n) is 6.21. The summed E-state index contributed by atoms with van der Waals surface area (Å²) in [7, 11) is 0. The van der Waals surface area contributed by atoms with Crippen molar-refractivity contribution in [1.82, 2.24) is 4.90 Å². The quantitative estimate of drug-likeness (QED) is 0.833. The van der Waals surface area contributed by atoms with Crippen molar-refractivity contribution in [3.63, 3.8) is 0 Å². The first kappa shape index (κ1) is 17.2. The Kier molecular flexibility index (Phi) is 4.91. The first-order chi connectivity index (χ1) is 12.0. The molecule has 0 radical (unpaired) electrons. The van der Waals surface area contributed by atoms with Crippen LogP contribution in [0.2, 0.25) is 0 Å². The normalized spacial score (nSPS) is 14.9. The average Bonchev–Trinajstić information content (AvgIpc) is 2.93.